The third kappa shape index (κ3) is 4.74. The van der Waals surface area contributed by atoms with Gasteiger partial charge in [-0.1, -0.05) is 72.3 Å². The van der Waals surface area contributed by atoms with Crippen molar-refractivity contribution in [3.63, 3.8) is 0 Å². The largest absolute Gasteiger partial charge is 0.454 e. The molecule has 0 aliphatic heterocycles. The van der Waals surface area contributed by atoms with Crippen molar-refractivity contribution < 1.29 is 27.1 Å². The van der Waals surface area contributed by atoms with E-state index in [2.05, 4.69) is 110 Å². The van der Waals surface area contributed by atoms with E-state index in [0.717, 1.165) is 11.3 Å². The fourth-order valence-electron chi connectivity index (χ4n) is 3.72. The molecule has 4 aromatic carbocycles. The van der Waals surface area contributed by atoms with Gasteiger partial charge in [0.05, 0.1) is 12.8 Å². The second kappa shape index (κ2) is 10.7. The standard InChI is InChI=1S/C27H25NOP.Au/c1-22-18-20-23(21-19-22)28-27(29-2)30(24-12-6-3-7-13-24,25-14-8-4-9-15-25)26-16-10-5-11-17-26;/h3-21H,1-2H3;/q+1;. The third-order valence-corrected chi connectivity index (χ3v) is 9.23. The van der Waals surface area contributed by atoms with E-state index < -0.39 is 7.26 Å². The van der Waals surface area contributed by atoms with E-state index in [1.165, 1.54) is 21.5 Å². The van der Waals surface area contributed by atoms with E-state index in [1.54, 1.807) is 7.11 Å². The van der Waals surface area contributed by atoms with Gasteiger partial charge in [-0.15, -0.1) is 0 Å². The molecular weight excluding hydrogens is 582 g/mol. The van der Waals surface area contributed by atoms with Crippen LogP contribution in [-0.2, 0) is 27.1 Å². The summed E-state index contributed by atoms with van der Waals surface area (Å²) < 4.78 is 6.11. The number of methoxy groups -OCH3 is 1. The number of benzene rings is 4. The van der Waals surface area contributed by atoms with E-state index >= 15 is 0 Å². The van der Waals surface area contributed by atoms with Crippen LogP contribution in [0, 0.1) is 6.92 Å². The molecule has 0 spiro atoms. The molecular formula is C27H25AuNOP+. The number of rotatable bonds is 5. The molecule has 0 bridgehead atoms. The number of aliphatic imine (C=N–C) groups is 1. The van der Waals surface area contributed by atoms with Crippen LogP contribution in [0.5, 0.6) is 0 Å². The van der Waals surface area contributed by atoms with Gasteiger partial charge in [0.15, 0.2) is 0 Å². The summed E-state index contributed by atoms with van der Waals surface area (Å²) in [6, 6.07) is 40.1. The minimum absolute atomic E-state index is 0. The van der Waals surface area contributed by atoms with Gasteiger partial charge >= 0.3 is 5.64 Å². The summed E-state index contributed by atoms with van der Waals surface area (Å²) >= 11 is 0. The molecule has 4 aromatic rings. The average Bonchev–Trinajstić information content (AvgIpc) is 2.82. The topological polar surface area (TPSA) is 21.6 Å². The molecule has 0 saturated heterocycles. The quantitative estimate of drug-likeness (QED) is 0.125. The fraction of sp³-hybridized carbons (Fsp3) is 0.0741. The normalized spacial score (nSPS) is 11.5. The first-order valence-corrected chi connectivity index (χ1v) is 11.8. The predicted molar refractivity (Wildman–Crippen MR) is 130 cm³/mol. The van der Waals surface area contributed by atoms with Gasteiger partial charge in [0.2, 0.25) is 7.26 Å². The Morgan fingerprint density at radius 2 is 1.00 bits per heavy atom. The molecule has 31 heavy (non-hydrogen) atoms. The molecule has 159 valence electrons. The van der Waals surface area contributed by atoms with E-state index in [0.29, 0.717) is 0 Å². The third-order valence-electron chi connectivity index (χ3n) is 5.16. The van der Waals surface area contributed by atoms with Gasteiger partial charge in [-0.3, -0.25) is 0 Å². The SMILES string of the molecule is COC(=Nc1ccc(C)cc1)[P+](c1ccccc1)(c1ccccc1)c1ccccc1.[Au]. The van der Waals surface area contributed by atoms with Crippen LogP contribution in [0.2, 0.25) is 0 Å². The van der Waals surface area contributed by atoms with Crippen LogP contribution in [0.15, 0.2) is 120 Å². The molecule has 0 N–H and O–H groups in total. The van der Waals surface area contributed by atoms with Gasteiger partial charge in [0, 0.05) is 22.4 Å². The second-order valence-corrected chi connectivity index (χ2v) is 10.4. The van der Waals surface area contributed by atoms with Crippen molar-refractivity contribution in [3.05, 3.63) is 121 Å². The zero-order valence-corrected chi connectivity index (χ0v) is 20.6. The Hall–Kier alpha value is -2.48. The van der Waals surface area contributed by atoms with E-state index in [1.807, 2.05) is 12.1 Å². The number of aryl methyl sites for hydroxylation is 1. The first-order valence-electron chi connectivity index (χ1n) is 10.0. The van der Waals surface area contributed by atoms with Crippen LogP contribution in [0.3, 0.4) is 0 Å². The Morgan fingerprint density at radius 1 is 0.613 bits per heavy atom. The predicted octanol–water partition coefficient (Wildman–Crippen LogP) is 5.62. The van der Waals surface area contributed by atoms with Gasteiger partial charge in [-0.2, -0.15) is 4.99 Å². The van der Waals surface area contributed by atoms with Crippen LogP contribution >= 0.6 is 7.26 Å². The van der Waals surface area contributed by atoms with Crippen LogP contribution < -0.4 is 15.9 Å². The molecule has 0 fully saturated rings. The summed E-state index contributed by atoms with van der Waals surface area (Å²) in [7, 11) is -0.580. The molecule has 0 unspecified atom stereocenters. The van der Waals surface area contributed by atoms with Gasteiger partial charge in [-0.25, -0.2) is 0 Å². The average molecular weight is 607 g/mol. The van der Waals surface area contributed by atoms with Crippen LogP contribution in [0.4, 0.5) is 5.69 Å². The Bertz CT molecular complexity index is 1020. The molecule has 0 aliphatic carbocycles. The first kappa shape index (κ1) is 23.2. The maximum absolute atomic E-state index is 6.11. The van der Waals surface area contributed by atoms with Gasteiger partial charge in [0.1, 0.15) is 15.9 Å². The van der Waals surface area contributed by atoms with Gasteiger partial charge < -0.3 is 4.74 Å². The molecule has 1 radical (unpaired) electrons. The van der Waals surface area contributed by atoms with Crippen LogP contribution in [0.25, 0.3) is 0 Å². The van der Waals surface area contributed by atoms with Crippen molar-refractivity contribution in [2.24, 2.45) is 4.99 Å². The molecule has 4 rings (SSSR count). The molecule has 0 atom stereocenters. The van der Waals surface area contributed by atoms with Crippen molar-refractivity contribution in [1.82, 2.24) is 0 Å². The summed E-state index contributed by atoms with van der Waals surface area (Å²) in [5.41, 5.74) is 2.85. The maximum Gasteiger partial charge on any atom is 0.356 e. The summed E-state index contributed by atoms with van der Waals surface area (Å²) in [5, 5.41) is 3.65. The molecule has 0 saturated carbocycles. The summed E-state index contributed by atoms with van der Waals surface area (Å²) in [6.45, 7) is 2.08. The fourth-order valence-corrected chi connectivity index (χ4v) is 7.68. The summed E-state index contributed by atoms with van der Waals surface area (Å²) in [5.74, 6) is 0. The van der Waals surface area contributed by atoms with Crippen molar-refractivity contribution in [1.29, 1.82) is 0 Å². The molecule has 0 aliphatic rings. The van der Waals surface area contributed by atoms with Crippen LogP contribution in [0.1, 0.15) is 5.56 Å². The molecule has 4 heteroatoms. The molecule has 0 aromatic heterocycles. The number of nitrogens with zero attached hydrogens (tertiary/aromatic N) is 1. The van der Waals surface area contributed by atoms with Gasteiger partial charge in [0.25, 0.3) is 0 Å². The Balaban J connectivity index is 0.00000272. The van der Waals surface area contributed by atoms with E-state index in [9.17, 15) is 0 Å². The number of ether oxygens (including phenoxy) is 1. The maximum atomic E-state index is 6.11. The molecule has 0 amide bonds. The Kier molecular flexibility index (Phi) is 8.01. The van der Waals surface area contributed by atoms with Crippen molar-refractivity contribution in [2.75, 3.05) is 7.11 Å². The Labute approximate surface area is 200 Å². The number of hydrogen-bond acceptors (Lipinski definition) is 2. The van der Waals surface area contributed by atoms with Gasteiger partial charge in [-0.05, 0) is 55.5 Å². The van der Waals surface area contributed by atoms with E-state index in [-0.39, 0.29) is 22.4 Å². The first-order chi connectivity index (χ1) is 14.7. The molecule has 0 heterocycles. The Morgan fingerprint density at radius 3 is 1.35 bits per heavy atom. The second-order valence-electron chi connectivity index (χ2n) is 7.11. The molecule has 2 nitrogen and oxygen atoms in total. The summed E-state index contributed by atoms with van der Waals surface area (Å²) in [6.07, 6.45) is 0. The smallest absolute Gasteiger partial charge is 0.356 e. The van der Waals surface area contributed by atoms with Crippen molar-refractivity contribution >= 4 is 34.5 Å². The van der Waals surface area contributed by atoms with Crippen molar-refractivity contribution in [2.45, 2.75) is 6.92 Å². The zero-order chi connectivity index (χ0) is 20.8. The monoisotopic (exact) mass is 607 g/mol. The van der Waals surface area contributed by atoms with Crippen LogP contribution in [-0.4, -0.2) is 12.7 Å². The van der Waals surface area contributed by atoms with Crippen molar-refractivity contribution in [3.8, 4) is 0 Å². The minimum Gasteiger partial charge on any atom is -0.454 e. The van der Waals surface area contributed by atoms with E-state index in [4.69, 9.17) is 9.73 Å². The minimum atomic E-state index is -2.31. The zero-order valence-electron chi connectivity index (χ0n) is 17.6. The summed E-state index contributed by atoms with van der Waals surface area (Å²) in [4.78, 5) is 5.06. The number of hydrogen-bond donors (Lipinski definition) is 0.